The maximum Gasteiger partial charge on any atom is 0.216 e. The van der Waals surface area contributed by atoms with Crippen molar-refractivity contribution >= 4 is 5.91 Å². The number of ether oxygens (including phenoxy) is 1. The first-order chi connectivity index (χ1) is 9.24. The molecule has 0 aromatic heterocycles. The van der Waals surface area contributed by atoms with Gasteiger partial charge in [-0.15, -0.1) is 0 Å². The van der Waals surface area contributed by atoms with Gasteiger partial charge in [0.05, 0.1) is 0 Å². The zero-order chi connectivity index (χ0) is 13.5. The summed E-state index contributed by atoms with van der Waals surface area (Å²) < 4.78 is 5.95. The van der Waals surface area contributed by atoms with Crippen molar-refractivity contribution in [2.75, 3.05) is 26.2 Å². The van der Waals surface area contributed by atoms with E-state index in [0.29, 0.717) is 6.10 Å². The van der Waals surface area contributed by atoms with Gasteiger partial charge in [-0.05, 0) is 25.0 Å². The minimum Gasteiger partial charge on any atom is -0.490 e. The second-order valence-corrected chi connectivity index (χ2v) is 4.95. The number of piperidine rings is 1. The van der Waals surface area contributed by atoms with Crippen LogP contribution in [-0.2, 0) is 4.79 Å². The summed E-state index contributed by atoms with van der Waals surface area (Å²) in [6, 6.07) is 10.00. The first kappa shape index (κ1) is 13.9. The van der Waals surface area contributed by atoms with E-state index >= 15 is 0 Å². The number of nitrogens with zero attached hydrogens (tertiary/aromatic N) is 1. The fourth-order valence-electron chi connectivity index (χ4n) is 2.33. The second-order valence-electron chi connectivity index (χ2n) is 4.95. The van der Waals surface area contributed by atoms with Crippen molar-refractivity contribution in [3.05, 3.63) is 30.3 Å². The first-order valence-corrected chi connectivity index (χ1v) is 6.92. The van der Waals surface area contributed by atoms with Crippen molar-refractivity contribution in [1.29, 1.82) is 0 Å². The van der Waals surface area contributed by atoms with E-state index in [9.17, 15) is 4.79 Å². The lowest BCUT2D eigenvalue weighted by molar-refractivity contribution is -0.119. The average molecular weight is 262 g/mol. The van der Waals surface area contributed by atoms with Gasteiger partial charge in [0.2, 0.25) is 5.91 Å². The van der Waals surface area contributed by atoms with Gasteiger partial charge in [-0.1, -0.05) is 18.2 Å². The van der Waals surface area contributed by atoms with Crippen LogP contribution in [0.4, 0.5) is 0 Å². The van der Waals surface area contributed by atoms with Crippen LogP contribution in [0.1, 0.15) is 19.8 Å². The van der Waals surface area contributed by atoms with Crippen LogP contribution in [0.2, 0.25) is 0 Å². The molecule has 1 aromatic carbocycles. The van der Waals surface area contributed by atoms with Crippen LogP contribution in [0.5, 0.6) is 5.75 Å². The number of para-hydroxylation sites is 1. The Morgan fingerprint density at radius 1 is 1.32 bits per heavy atom. The van der Waals surface area contributed by atoms with Crippen LogP contribution in [0.25, 0.3) is 0 Å². The Bertz CT molecular complexity index is 386. The Morgan fingerprint density at radius 3 is 2.63 bits per heavy atom. The minimum absolute atomic E-state index is 0.0438. The first-order valence-electron chi connectivity index (χ1n) is 6.92. The molecule has 0 radical (unpaired) electrons. The molecular formula is C15H22N2O2. The molecule has 0 atom stereocenters. The van der Waals surface area contributed by atoms with Crippen LogP contribution in [0.3, 0.4) is 0 Å². The molecule has 1 N–H and O–H groups in total. The van der Waals surface area contributed by atoms with Crippen molar-refractivity contribution in [2.24, 2.45) is 0 Å². The van der Waals surface area contributed by atoms with Gasteiger partial charge in [0.1, 0.15) is 11.9 Å². The Labute approximate surface area is 114 Å². The number of hydrogen-bond acceptors (Lipinski definition) is 3. The smallest absolute Gasteiger partial charge is 0.216 e. The third-order valence-corrected chi connectivity index (χ3v) is 3.38. The molecule has 1 saturated heterocycles. The van der Waals surface area contributed by atoms with E-state index in [4.69, 9.17) is 4.74 Å². The van der Waals surface area contributed by atoms with Gasteiger partial charge < -0.3 is 15.0 Å². The fourth-order valence-corrected chi connectivity index (χ4v) is 2.33. The lowest BCUT2D eigenvalue weighted by Crippen LogP contribution is -2.41. The summed E-state index contributed by atoms with van der Waals surface area (Å²) >= 11 is 0. The van der Waals surface area contributed by atoms with Crippen molar-refractivity contribution in [2.45, 2.75) is 25.9 Å². The second kappa shape index (κ2) is 7.14. The summed E-state index contributed by atoms with van der Waals surface area (Å²) in [5, 5.41) is 2.83. The molecule has 1 amide bonds. The molecule has 1 heterocycles. The normalized spacial score (nSPS) is 17.1. The van der Waals surface area contributed by atoms with Crippen LogP contribution in [0, 0.1) is 0 Å². The quantitative estimate of drug-likeness (QED) is 0.877. The Hall–Kier alpha value is -1.55. The predicted octanol–water partition coefficient (Wildman–Crippen LogP) is 1.67. The van der Waals surface area contributed by atoms with E-state index in [1.54, 1.807) is 6.92 Å². The van der Waals surface area contributed by atoms with E-state index in [2.05, 4.69) is 10.2 Å². The average Bonchev–Trinajstić information content (AvgIpc) is 2.42. The van der Waals surface area contributed by atoms with Gasteiger partial charge in [-0.25, -0.2) is 0 Å². The van der Waals surface area contributed by atoms with Crippen molar-refractivity contribution in [1.82, 2.24) is 10.2 Å². The van der Waals surface area contributed by atoms with E-state index < -0.39 is 0 Å². The molecule has 0 bridgehead atoms. The Morgan fingerprint density at radius 2 is 2.00 bits per heavy atom. The summed E-state index contributed by atoms with van der Waals surface area (Å²) in [5.41, 5.74) is 0. The molecule has 2 rings (SSSR count). The molecule has 0 aliphatic carbocycles. The summed E-state index contributed by atoms with van der Waals surface area (Å²) in [4.78, 5) is 13.2. The number of hydrogen-bond donors (Lipinski definition) is 1. The van der Waals surface area contributed by atoms with Crippen LogP contribution >= 0.6 is 0 Å². The van der Waals surface area contributed by atoms with Gasteiger partial charge in [-0.2, -0.15) is 0 Å². The number of carbonyl (C=O) groups is 1. The van der Waals surface area contributed by atoms with Gasteiger partial charge in [0.25, 0.3) is 0 Å². The highest BCUT2D eigenvalue weighted by Gasteiger charge is 2.20. The minimum atomic E-state index is 0.0438. The van der Waals surface area contributed by atoms with E-state index in [-0.39, 0.29) is 5.91 Å². The molecule has 1 aromatic rings. The highest BCUT2D eigenvalue weighted by atomic mass is 16.5. The number of carbonyl (C=O) groups excluding carboxylic acids is 1. The molecule has 1 aliphatic heterocycles. The molecule has 104 valence electrons. The molecular weight excluding hydrogens is 240 g/mol. The van der Waals surface area contributed by atoms with Crippen molar-refractivity contribution < 1.29 is 9.53 Å². The third kappa shape index (κ3) is 4.91. The van der Waals surface area contributed by atoms with Gasteiger partial charge in [-0.3, -0.25) is 4.79 Å². The number of likely N-dealkylation sites (tertiary alicyclic amines) is 1. The summed E-state index contributed by atoms with van der Waals surface area (Å²) in [5.74, 6) is 1.00. The third-order valence-electron chi connectivity index (χ3n) is 3.38. The topological polar surface area (TPSA) is 41.6 Å². The zero-order valence-electron chi connectivity index (χ0n) is 11.5. The molecule has 1 fully saturated rings. The predicted molar refractivity (Wildman–Crippen MR) is 75.2 cm³/mol. The lowest BCUT2D eigenvalue weighted by Gasteiger charge is -2.32. The van der Waals surface area contributed by atoms with Crippen LogP contribution < -0.4 is 10.1 Å². The SMILES string of the molecule is CC(=O)NCCN1CCC(Oc2ccccc2)CC1. The van der Waals surface area contributed by atoms with Gasteiger partial charge in [0.15, 0.2) is 0 Å². The van der Waals surface area contributed by atoms with Crippen LogP contribution in [-0.4, -0.2) is 43.1 Å². The molecule has 1 aliphatic rings. The van der Waals surface area contributed by atoms with E-state index in [1.807, 2.05) is 30.3 Å². The molecule has 4 nitrogen and oxygen atoms in total. The van der Waals surface area contributed by atoms with Crippen molar-refractivity contribution in [3.8, 4) is 5.75 Å². The van der Waals surface area contributed by atoms with E-state index in [1.165, 1.54) is 0 Å². The maximum absolute atomic E-state index is 10.8. The highest BCUT2D eigenvalue weighted by Crippen LogP contribution is 2.18. The zero-order valence-corrected chi connectivity index (χ0v) is 11.5. The maximum atomic E-state index is 10.8. The lowest BCUT2D eigenvalue weighted by atomic mass is 10.1. The molecule has 0 spiro atoms. The molecule has 4 heteroatoms. The van der Waals surface area contributed by atoms with Crippen molar-refractivity contribution in [3.63, 3.8) is 0 Å². The summed E-state index contributed by atoms with van der Waals surface area (Å²) in [6.07, 6.45) is 2.42. The molecule has 0 unspecified atom stereocenters. The molecule has 0 saturated carbocycles. The van der Waals surface area contributed by atoms with Crippen LogP contribution in [0.15, 0.2) is 30.3 Å². The molecule has 19 heavy (non-hydrogen) atoms. The standard InChI is InChI=1S/C15H22N2O2/c1-13(18)16-9-12-17-10-7-15(8-11-17)19-14-5-3-2-4-6-14/h2-6,15H,7-12H2,1H3,(H,16,18). The Balaban J connectivity index is 1.66. The summed E-state index contributed by atoms with van der Waals surface area (Å²) in [7, 11) is 0. The highest BCUT2D eigenvalue weighted by molar-refractivity contribution is 5.72. The largest absolute Gasteiger partial charge is 0.490 e. The number of rotatable bonds is 5. The number of amides is 1. The Kier molecular flexibility index (Phi) is 5.21. The van der Waals surface area contributed by atoms with E-state index in [0.717, 1.165) is 44.8 Å². The number of benzene rings is 1. The monoisotopic (exact) mass is 262 g/mol. The fraction of sp³-hybridized carbons (Fsp3) is 0.533. The number of nitrogens with one attached hydrogen (secondary N) is 1. The van der Waals surface area contributed by atoms with Gasteiger partial charge in [0, 0.05) is 33.1 Å². The summed E-state index contributed by atoms with van der Waals surface area (Å²) in [6.45, 7) is 5.30. The van der Waals surface area contributed by atoms with Gasteiger partial charge >= 0.3 is 0 Å².